The Morgan fingerprint density at radius 3 is 2.59 bits per heavy atom. The van der Waals surface area contributed by atoms with E-state index in [1.807, 2.05) is 26.8 Å². The number of carbonyl (C=O) groups excluding carboxylic acids is 1. The summed E-state index contributed by atoms with van der Waals surface area (Å²) in [6.45, 7) is 8.30. The maximum absolute atomic E-state index is 12.2. The molecule has 0 aromatic heterocycles. The first-order valence-corrected chi connectivity index (χ1v) is 8.08. The summed E-state index contributed by atoms with van der Waals surface area (Å²) < 4.78 is 10.9. The van der Waals surface area contributed by atoms with Gasteiger partial charge in [-0.3, -0.25) is 4.90 Å². The average Bonchev–Trinajstić information content (AvgIpc) is 3.03. The minimum absolute atomic E-state index is 0.273. The molecule has 1 saturated heterocycles. The summed E-state index contributed by atoms with van der Waals surface area (Å²) in [5.41, 5.74) is 2.94. The summed E-state index contributed by atoms with van der Waals surface area (Å²) in [5.74, 6) is 0.369. The highest BCUT2D eigenvalue weighted by molar-refractivity contribution is 6.31. The number of amides is 1. The zero-order valence-electron chi connectivity index (χ0n) is 13.3. The largest absolute Gasteiger partial charge is 0.444 e. The van der Waals surface area contributed by atoms with Crippen molar-refractivity contribution in [1.82, 2.24) is 4.90 Å². The average molecular weight is 324 g/mol. The number of rotatable bonds is 1. The van der Waals surface area contributed by atoms with Crippen molar-refractivity contribution < 1.29 is 14.3 Å². The molecule has 4 nitrogen and oxygen atoms in total. The fraction of sp³-hybridized carbons (Fsp3) is 0.588. The van der Waals surface area contributed by atoms with E-state index < -0.39 is 5.60 Å². The van der Waals surface area contributed by atoms with Gasteiger partial charge in [-0.05, 0) is 49.9 Å². The molecule has 1 aromatic rings. The molecule has 22 heavy (non-hydrogen) atoms. The van der Waals surface area contributed by atoms with Crippen molar-refractivity contribution in [3.63, 3.8) is 0 Å². The predicted molar refractivity (Wildman–Crippen MR) is 85.1 cm³/mol. The topological polar surface area (TPSA) is 38.8 Å². The van der Waals surface area contributed by atoms with E-state index in [1.165, 1.54) is 0 Å². The smallest absolute Gasteiger partial charge is 0.410 e. The van der Waals surface area contributed by atoms with Crippen LogP contribution in [-0.2, 0) is 22.6 Å². The fourth-order valence-corrected chi connectivity index (χ4v) is 3.33. The van der Waals surface area contributed by atoms with Gasteiger partial charge < -0.3 is 9.47 Å². The monoisotopic (exact) mass is 323 g/mol. The van der Waals surface area contributed by atoms with Crippen molar-refractivity contribution >= 4 is 17.7 Å². The molecule has 0 spiro atoms. The third kappa shape index (κ3) is 3.23. The van der Waals surface area contributed by atoms with Crippen LogP contribution in [0.3, 0.4) is 0 Å². The Bertz CT molecular complexity index is 588. The number of ether oxygens (including phenoxy) is 2. The Labute approximate surface area is 136 Å². The molecule has 0 saturated carbocycles. The fourth-order valence-electron chi connectivity index (χ4n) is 2.99. The zero-order chi connectivity index (χ0) is 15.9. The molecule has 1 aromatic carbocycles. The number of hydrogen-bond acceptors (Lipinski definition) is 3. The van der Waals surface area contributed by atoms with Gasteiger partial charge in [0.2, 0.25) is 0 Å². The first-order valence-electron chi connectivity index (χ1n) is 7.70. The molecule has 1 amide bonds. The summed E-state index contributed by atoms with van der Waals surface area (Å²) in [7, 11) is 0. The van der Waals surface area contributed by atoms with E-state index in [0.717, 1.165) is 41.3 Å². The standard InChI is InChI=1S/C17H22ClNO3/c1-17(2,3)22-16(20)19-8-12-6-14(11-4-5-21-10-11)15(18)7-13(12)9-19/h6-7,11H,4-5,8-10H2,1-3H3. The molecular formula is C17H22ClNO3. The molecule has 1 fully saturated rings. The Balaban J connectivity index is 1.77. The Kier molecular flexibility index (Phi) is 4.08. The number of carbonyl (C=O) groups is 1. The minimum atomic E-state index is -0.476. The van der Waals surface area contributed by atoms with Crippen molar-refractivity contribution in [3.05, 3.63) is 33.8 Å². The molecule has 0 aliphatic carbocycles. The molecule has 2 aliphatic rings. The van der Waals surface area contributed by atoms with E-state index in [2.05, 4.69) is 6.07 Å². The van der Waals surface area contributed by atoms with E-state index in [1.54, 1.807) is 4.90 Å². The normalized spacial score (nSPS) is 21.1. The van der Waals surface area contributed by atoms with E-state index in [0.29, 0.717) is 19.0 Å². The van der Waals surface area contributed by atoms with Crippen molar-refractivity contribution in [2.75, 3.05) is 13.2 Å². The van der Waals surface area contributed by atoms with Gasteiger partial charge in [0.25, 0.3) is 0 Å². The first kappa shape index (κ1) is 15.6. The van der Waals surface area contributed by atoms with Gasteiger partial charge in [-0.2, -0.15) is 0 Å². The van der Waals surface area contributed by atoms with E-state index in [-0.39, 0.29) is 6.09 Å². The summed E-state index contributed by atoms with van der Waals surface area (Å²) in [6, 6.07) is 4.14. The Hall–Kier alpha value is -1.26. The van der Waals surface area contributed by atoms with Crippen molar-refractivity contribution in [1.29, 1.82) is 0 Å². The van der Waals surface area contributed by atoms with Crippen LogP contribution in [0.25, 0.3) is 0 Å². The first-order chi connectivity index (χ1) is 10.3. The summed E-state index contributed by atoms with van der Waals surface area (Å²) >= 11 is 6.43. The van der Waals surface area contributed by atoms with Gasteiger partial charge in [0.15, 0.2) is 0 Å². The second kappa shape index (κ2) is 5.74. The van der Waals surface area contributed by atoms with Crippen LogP contribution in [0.1, 0.15) is 49.8 Å². The van der Waals surface area contributed by atoms with Gasteiger partial charge >= 0.3 is 6.09 Å². The third-order valence-electron chi connectivity index (χ3n) is 4.06. The molecule has 1 unspecified atom stereocenters. The Morgan fingerprint density at radius 1 is 1.32 bits per heavy atom. The lowest BCUT2D eigenvalue weighted by atomic mass is 9.95. The van der Waals surface area contributed by atoms with Crippen molar-refractivity contribution in [2.24, 2.45) is 0 Å². The van der Waals surface area contributed by atoms with E-state index >= 15 is 0 Å². The number of nitrogens with zero attached hydrogens (tertiary/aromatic N) is 1. The molecule has 120 valence electrons. The van der Waals surface area contributed by atoms with Gasteiger partial charge in [0, 0.05) is 30.6 Å². The molecule has 5 heteroatoms. The molecule has 0 N–H and O–H groups in total. The Morgan fingerprint density at radius 2 is 2.00 bits per heavy atom. The molecular weight excluding hydrogens is 302 g/mol. The molecule has 1 atom stereocenters. The molecule has 2 aliphatic heterocycles. The van der Waals surface area contributed by atoms with E-state index in [4.69, 9.17) is 21.1 Å². The van der Waals surface area contributed by atoms with Crippen LogP contribution in [0.4, 0.5) is 4.79 Å². The van der Waals surface area contributed by atoms with E-state index in [9.17, 15) is 4.79 Å². The molecule has 2 heterocycles. The van der Waals surface area contributed by atoms with Crippen LogP contribution in [-0.4, -0.2) is 29.8 Å². The number of hydrogen-bond donors (Lipinski definition) is 0. The van der Waals surface area contributed by atoms with Crippen molar-refractivity contribution in [2.45, 2.75) is 51.8 Å². The number of fused-ring (bicyclic) bond motifs is 1. The van der Waals surface area contributed by atoms with Crippen LogP contribution in [0, 0.1) is 0 Å². The number of benzene rings is 1. The maximum Gasteiger partial charge on any atom is 0.410 e. The maximum atomic E-state index is 12.2. The lowest BCUT2D eigenvalue weighted by Crippen LogP contribution is -2.33. The summed E-state index contributed by atoms with van der Waals surface area (Å²) in [4.78, 5) is 13.9. The van der Waals surface area contributed by atoms with Crippen molar-refractivity contribution in [3.8, 4) is 0 Å². The second-order valence-corrected chi connectivity index (χ2v) is 7.45. The molecule has 3 rings (SSSR count). The van der Waals surface area contributed by atoms with Crippen LogP contribution in [0.15, 0.2) is 12.1 Å². The highest BCUT2D eigenvalue weighted by Crippen LogP contribution is 2.36. The third-order valence-corrected chi connectivity index (χ3v) is 4.39. The highest BCUT2D eigenvalue weighted by Gasteiger charge is 2.30. The van der Waals surface area contributed by atoms with Crippen LogP contribution < -0.4 is 0 Å². The lowest BCUT2D eigenvalue weighted by molar-refractivity contribution is 0.0242. The lowest BCUT2D eigenvalue weighted by Gasteiger charge is -2.24. The van der Waals surface area contributed by atoms with Gasteiger partial charge in [0.1, 0.15) is 5.60 Å². The van der Waals surface area contributed by atoms with Crippen LogP contribution in [0.5, 0.6) is 0 Å². The minimum Gasteiger partial charge on any atom is -0.444 e. The van der Waals surface area contributed by atoms with Crippen LogP contribution in [0.2, 0.25) is 5.02 Å². The van der Waals surface area contributed by atoms with Gasteiger partial charge in [-0.15, -0.1) is 0 Å². The van der Waals surface area contributed by atoms with Gasteiger partial charge in [-0.1, -0.05) is 17.7 Å². The molecule has 0 radical (unpaired) electrons. The molecule has 0 bridgehead atoms. The van der Waals surface area contributed by atoms with Gasteiger partial charge in [0.05, 0.1) is 6.61 Å². The number of halogens is 1. The SMILES string of the molecule is CC(C)(C)OC(=O)N1Cc2cc(Cl)c(C3CCOC3)cc2C1. The zero-order valence-corrected chi connectivity index (χ0v) is 14.1. The summed E-state index contributed by atoms with van der Waals surface area (Å²) in [5, 5.41) is 0.778. The summed E-state index contributed by atoms with van der Waals surface area (Å²) in [6.07, 6.45) is 0.736. The second-order valence-electron chi connectivity index (χ2n) is 7.04. The van der Waals surface area contributed by atoms with Gasteiger partial charge in [-0.25, -0.2) is 4.79 Å². The highest BCUT2D eigenvalue weighted by atomic mass is 35.5. The quantitative estimate of drug-likeness (QED) is 0.781. The van der Waals surface area contributed by atoms with Crippen LogP contribution >= 0.6 is 11.6 Å². The predicted octanol–water partition coefficient (Wildman–Crippen LogP) is 4.09.